The fourth-order valence-corrected chi connectivity index (χ4v) is 4.73. The van der Waals surface area contributed by atoms with E-state index in [2.05, 4.69) is 37.9 Å². The largest absolute Gasteiger partial charge is 0.343 e. The summed E-state index contributed by atoms with van der Waals surface area (Å²) in [7, 11) is 2.20. The maximum atomic E-state index is 13.2. The van der Waals surface area contributed by atoms with Crippen molar-refractivity contribution >= 4 is 17.5 Å². The number of halogens is 1. The lowest BCUT2D eigenvalue weighted by Crippen LogP contribution is -2.52. The summed E-state index contributed by atoms with van der Waals surface area (Å²) in [5.41, 5.74) is 1.27. The van der Waals surface area contributed by atoms with Crippen LogP contribution in [0.3, 0.4) is 0 Å². The van der Waals surface area contributed by atoms with Crippen LogP contribution in [0.5, 0.6) is 0 Å². The third-order valence-electron chi connectivity index (χ3n) is 5.93. The topological polar surface area (TPSA) is 23.6 Å². The molecule has 2 fully saturated rings. The van der Waals surface area contributed by atoms with Gasteiger partial charge in [0.1, 0.15) is 0 Å². The molecule has 2 aliphatic heterocycles. The highest BCUT2D eigenvalue weighted by atomic mass is 35.5. The Kier molecular flexibility index (Phi) is 4.98. The van der Waals surface area contributed by atoms with Crippen molar-refractivity contribution in [3.63, 3.8) is 0 Å². The standard InChI is InChI=1S/C19H27ClN2O/c1-4-22(5-2)19(23)18-16(13-6-8-14(20)9-7-13)12-15-10-11-17(18)21(15)3/h6-9,15-18H,4-5,10-12H2,1-3H3. The molecule has 3 rings (SSSR count). The Balaban J connectivity index is 1.95. The molecule has 0 radical (unpaired) electrons. The zero-order chi connectivity index (χ0) is 16.6. The van der Waals surface area contributed by atoms with Gasteiger partial charge in [-0.15, -0.1) is 0 Å². The van der Waals surface area contributed by atoms with Crippen molar-refractivity contribution in [2.75, 3.05) is 20.1 Å². The van der Waals surface area contributed by atoms with E-state index in [0.717, 1.165) is 31.0 Å². The highest BCUT2D eigenvalue weighted by Crippen LogP contribution is 2.47. The average molecular weight is 335 g/mol. The first-order valence-corrected chi connectivity index (χ1v) is 9.20. The quantitative estimate of drug-likeness (QED) is 0.836. The summed E-state index contributed by atoms with van der Waals surface area (Å²) in [6.07, 6.45) is 3.43. The second kappa shape index (κ2) is 6.82. The van der Waals surface area contributed by atoms with Crippen LogP contribution in [-0.4, -0.2) is 47.9 Å². The highest BCUT2D eigenvalue weighted by molar-refractivity contribution is 6.30. The molecule has 1 aromatic rings. The van der Waals surface area contributed by atoms with Crippen molar-refractivity contribution < 1.29 is 4.79 Å². The number of fused-ring (bicyclic) bond motifs is 2. The smallest absolute Gasteiger partial charge is 0.227 e. The number of piperidine rings is 1. The molecule has 0 aromatic heterocycles. The minimum atomic E-state index is 0.0693. The van der Waals surface area contributed by atoms with E-state index in [1.165, 1.54) is 12.0 Å². The molecule has 4 atom stereocenters. The number of benzene rings is 1. The molecule has 2 bridgehead atoms. The summed E-state index contributed by atoms with van der Waals surface area (Å²) in [5.74, 6) is 0.709. The van der Waals surface area contributed by atoms with Crippen LogP contribution in [0, 0.1) is 5.92 Å². The average Bonchev–Trinajstić information content (AvgIpc) is 2.79. The van der Waals surface area contributed by atoms with Crippen LogP contribution in [0.2, 0.25) is 5.02 Å². The molecule has 4 heteroatoms. The van der Waals surface area contributed by atoms with Gasteiger partial charge in [-0.1, -0.05) is 23.7 Å². The summed E-state index contributed by atoms with van der Waals surface area (Å²) in [5, 5.41) is 0.760. The van der Waals surface area contributed by atoms with Crippen LogP contribution < -0.4 is 0 Å². The van der Waals surface area contributed by atoms with E-state index in [-0.39, 0.29) is 5.92 Å². The van der Waals surface area contributed by atoms with Crippen molar-refractivity contribution in [2.24, 2.45) is 5.92 Å². The Bertz CT molecular complexity index is 555. The lowest BCUT2D eigenvalue weighted by molar-refractivity contribution is -0.139. The minimum Gasteiger partial charge on any atom is -0.343 e. The van der Waals surface area contributed by atoms with Gasteiger partial charge in [-0.05, 0) is 63.8 Å². The number of carbonyl (C=O) groups is 1. The molecule has 2 aliphatic rings. The van der Waals surface area contributed by atoms with Gasteiger partial charge in [0.25, 0.3) is 0 Å². The van der Waals surface area contributed by atoms with Crippen LogP contribution in [0.4, 0.5) is 0 Å². The molecule has 2 heterocycles. The monoisotopic (exact) mass is 334 g/mol. The first kappa shape index (κ1) is 16.8. The lowest BCUT2D eigenvalue weighted by atomic mass is 9.75. The van der Waals surface area contributed by atoms with Crippen LogP contribution in [0.1, 0.15) is 44.6 Å². The molecular weight excluding hydrogens is 308 g/mol. The van der Waals surface area contributed by atoms with Gasteiger partial charge in [0.2, 0.25) is 5.91 Å². The Morgan fingerprint density at radius 2 is 1.87 bits per heavy atom. The van der Waals surface area contributed by atoms with Gasteiger partial charge in [0, 0.05) is 30.2 Å². The van der Waals surface area contributed by atoms with Crippen molar-refractivity contribution in [3.8, 4) is 0 Å². The van der Waals surface area contributed by atoms with Crippen molar-refractivity contribution in [3.05, 3.63) is 34.9 Å². The van der Waals surface area contributed by atoms with Crippen molar-refractivity contribution in [1.29, 1.82) is 0 Å². The second-order valence-corrected chi connectivity index (χ2v) is 7.33. The van der Waals surface area contributed by atoms with Crippen molar-refractivity contribution in [2.45, 2.75) is 51.1 Å². The molecule has 0 spiro atoms. The molecule has 1 amide bonds. The van der Waals surface area contributed by atoms with Crippen LogP contribution in [-0.2, 0) is 4.79 Å². The normalized spacial score (nSPS) is 30.4. The van der Waals surface area contributed by atoms with Gasteiger partial charge in [-0.3, -0.25) is 9.69 Å². The summed E-state index contributed by atoms with van der Waals surface area (Å²) in [4.78, 5) is 17.7. The SMILES string of the molecule is CCN(CC)C(=O)C1C(c2ccc(Cl)cc2)CC2CCC1N2C. The van der Waals surface area contributed by atoms with E-state index in [4.69, 9.17) is 11.6 Å². The second-order valence-electron chi connectivity index (χ2n) is 6.89. The Labute approximate surface area is 144 Å². The van der Waals surface area contributed by atoms with Crippen LogP contribution in [0.25, 0.3) is 0 Å². The van der Waals surface area contributed by atoms with Gasteiger partial charge >= 0.3 is 0 Å². The Hall–Kier alpha value is -1.06. The summed E-state index contributed by atoms with van der Waals surface area (Å²) < 4.78 is 0. The molecule has 126 valence electrons. The van der Waals surface area contributed by atoms with Crippen molar-refractivity contribution in [1.82, 2.24) is 9.80 Å². The number of amides is 1. The number of hydrogen-bond donors (Lipinski definition) is 0. The molecule has 0 aliphatic carbocycles. The van der Waals surface area contributed by atoms with Gasteiger partial charge in [-0.25, -0.2) is 0 Å². The molecule has 0 N–H and O–H groups in total. The third kappa shape index (κ3) is 3.01. The van der Waals surface area contributed by atoms with E-state index >= 15 is 0 Å². The number of hydrogen-bond acceptors (Lipinski definition) is 2. The highest BCUT2D eigenvalue weighted by Gasteiger charge is 2.49. The summed E-state index contributed by atoms with van der Waals surface area (Å²) >= 11 is 6.05. The Morgan fingerprint density at radius 1 is 1.22 bits per heavy atom. The molecule has 23 heavy (non-hydrogen) atoms. The van der Waals surface area contributed by atoms with E-state index in [9.17, 15) is 4.79 Å². The van der Waals surface area contributed by atoms with Gasteiger partial charge in [-0.2, -0.15) is 0 Å². The zero-order valence-corrected chi connectivity index (χ0v) is 15.1. The number of nitrogens with zero attached hydrogens (tertiary/aromatic N) is 2. The van der Waals surface area contributed by atoms with Crippen LogP contribution in [0.15, 0.2) is 24.3 Å². The fourth-order valence-electron chi connectivity index (χ4n) is 4.60. The summed E-state index contributed by atoms with van der Waals surface area (Å²) in [6.45, 7) is 5.73. The molecule has 0 saturated carbocycles. The maximum absolute atomic E-state index is 13.2. The predicted octanol–water partition coefficient (Wildman–Crippen LogP) is 3.77. The van der Waals surface area contributed by atoms with E-state index in [1.54, 1.807) is 0 Å². The molecule has 3 nitrogen and oxygen atoms in total. The first-order valence-electron chi connectivity index (χ1n) is 8.83. The van der Waals surface area contributed by atoms with Crippen LogP contribution >= 0.6 is 11.6 Å². The van der Waals surface area contributed by atoms with Gasteiger partial charge < -0.3 is 4.90 Å². The minimum absolute atomic E-state index is 0.0693. The maximum Gasteiger partial charge on any atom is 0.227 e. The molecule has 2 saturated heterocycles. The molecule has 1 aromatic carbocycles. The van der Waals surface area contributed by atoms with E-state index < -0.39 is 0 Å². The fraction of sp³-hybridized carbons (Fsp3) is 0.632. The number of rotatable bonds is 4. The lowest BCUT2D eigenvalue weighted by Gasteiger charge is -2.44. The van der Waals surface area contributed by atoms with Gasteiger partial charge in [0.05, 0.1) is 5.92 Å². The molecule has 4 unspecified atom stereocenters. The predicted molar refractivity (Wildman–Crippen MR) is 94.8 cm³/mol. The number of carbonyl (C=O) groups excluding carboxylic acids is 1. The third-order valence-corrected chi connectivity index (χ3v) is 6.18. The zero-order valence-electron chi connectivity index (χ0n) is 14.3. The van der Waals surface area contributed by atoms with E-state index in [1.807, 2.05) is 17.0 Å². The van der Waals surface area contributed by atoms with Gasteiger partial charge in [0.15, 0.2) is 0 Å². The Morgan fingerprint density at radius 3 is 2.48 bits per heavy atom. The summed E-state index contributed by atoms with van der Waals surface area (Å²) in [6, 6.07) is 9.12. The molecular formula is C19H27ClN2O. The first-order chi connectivity index (χ1) is 11.1. The van der Waals surface area contributed by atoms with E-state index in [0.29, 0.717) is 23.9 Å².